The molecule has 1 amide bonds. The van der Waals surface area contributed by atoms with E-state index >= 15 is 0 Å². The lowest BCUT2D eigenvalue weighted by Crippen LogP contribution is -2.13. The molecule has 0 aliphatic carbocycles. The largest absolute Gasteiger partial charge is 0.496 e. The highest BCUT2D eigenvalue weighted by Gasteiger charge is 2.22. The Morgan fingerprint density at radius 1 is 1.22 bits per heavy atom. The first-order valence-corrected chi connectivity index (χ1v) is 11.6. The van der Waals surface area contributed by atoms with Crippen LogP contribution in [-0.4, -0.2) is 28.7 Å². The molecule has 6 nitrogen and oxygen atoms in total. The lowest BCUT2D eigenvalue weighted by atomic mass is 9.89. The molecule has 0 saturated heterocycles. The van der Waals surface area contributed by atoms with Crippen LogP contribution in [0.4, 0.5) is 5.82 Å². The monoisotopic (exact) mass is 466 g/mol. The van der Waals surface area contributed by atoms with E-state index in [1.165, 1.54) is 11.3 Å². The molecule has 0 bridgehead atoms. The summed E-state index contributed by atoms with van der Waals surface area (Å²) in [5.74, 6) is 1.63. The highest BCUT2D eigenvalue weighted by molar-refractivity contribution is 7.07. The lowest BCUT2D eigenvalue weighted by molar-refractivity contribution is 0.102. The highest BCUT2D eigenvalue weighted by atomic mass is 35.5. The zero-order chi connectivity index (χ0) is 22.7. The molecule has 1 aromatic carbocycles. The molecule has 1 aliphatic rings. The fourth-order valence-corrected chi connectivity index (χ4v) is 4.20. The number of halogens is 1. The van der Waals surface area contributed by atoms with Gasteiger partial charge < -0.3 is 10.1 Å². The average molecular weight is 467 g/mol. The summed E-state index contributed by atoms with van der Waals surface area (Å²) in [4.78, 5) is 25.6. The molecule has 164 valence electrons. The van der Waals surface area contributed by atoms with Gasteiger partial charge in [-0.1, -0.05) is 31.5 Å². The van der Waals surface area contributed by atoms with Gasteiger partial charge in [-0.2, -0.15) is 0 Å². The van der Waals surface area contributed by atoms with Crippen molar-refractivity contribution in [1.29, 1.82) is 0 Å². The maximum atomic E-state index is 12.2. The molecule has 8 heteroatoms. The van der Waals surface area contributed by atoms with Crippen molar-refractivity contribution in [2.45, 2.75) is 20.3 Å². The van der Waals surface area contributed by atoms with E-state index in [0.717, 1.165) is 34.7 Å². The van der Waals surface area contributed by atoms with Gasteiger partial charge in [-0.15, -0.1) is 11.3 Å². The first kappa shape index (κ1) is 22.2. The SMILES string of the molecule is COc1ccc(Cl)cc1C1=NC(c2ccc(NC(=O)c3cscn3)nc2)=CC(C)C(C)C1. The maximum absolute atomic E-state index is 12.2. The minimum absolute atomic E-state index is 0.281. The summed E-state index contributed by atoms with van der Waals surface area (Å²) in [5.41, 5.74) is 5.52. The van der Waals surface area contributed by atoms with Gasteiger partial charge in [0.05, 0.1) is 24.0 Å². The van der Waals surface area contributed by atoms with E-state index in [1.54, 1.807) is 30.3 Å². The summed E-state index contributed by atoms with van der Waals surface area (Å²) >= 11 is 7.65. The molecule has 2 aromatic heterocycles. The molecule has 1 aliphatic heterocycles. The number of aliphatic imine (C=N–C) groups is 1. The van der Waals surface area contributed by atoms with E-state index < -0.39 is 0 Å². The number of anilines is 1. The van der Waals surface area contributed by atoms with Crippen LogP contribution in [-0.2, 0) is 0 Å². The van der Waals surface area contributed by atoms with Crippen molar-refractivity contribution < 1.29 is 9.53 Å². The molecule has 0 radical (unpaired) electrons. The van der Waals surface area contributed by atoms with Crippen molar-refractivity contribution in [1.82, 2.24) is 9.97 Å². The number of rotatable bonds is 5. The van der Waals surface area contributed by atoms with Crippen molar-refractivity contribution in [2.24, 2.45) is 16.8 Å². The molecular weight excluding hydrogens is 444 g/mol. The van der Waals surface area contributed by atoms with Crippen molar-refractivity contribution in [2.75, 3.05) is 12.4 Å². The Morgan fingerprint density at radius 3 is 2.75 bits per heavy atom. The van der Waals surface area contributed by atoms with Crippen molar-refractivity contribution in [3.8, 4) is 5.75 Å². The minimum Gasteiger partial charge on any atom is -0.496 e. The van der Waals surface area contributed by atoms with E-state index in [9.17, 15) is 4.79 Å². The predicted molar refractivity (Wildman–Crippen MR) is 130 cm³/mol. The second-order valence-corrected chi connectivity index (χ2v) is 8.91. The number of hydrogen-bond acceptors (Lipinski definition) is 6. The molecule has 0 saturated carbocycles. The fourth-order valence-electron chi connectivity index (χ4n) is 3.49. The maximum Gasteiger partial charge on any atom is 0.276 e. The summed E-state index contributed by atoms with van der Waals surface area (Å²) in [5, 5.41) is 5.10. The number of nitrogens with zero attached hydrogens (tertiary/aromatic N) is 3. The zero-order valence-electron chi connectivity index (χ0n) is 18.0. The number of methoxy groups -OCH3 is 1. The van der Waals surface area contributed by atoms with Crippen LogP contribution in [0.3, 0.4) is 0 Å². The molecule has 3 heterocycles. The Bertz CT molecular complexity index is 1170. The Kier molecular flexibility index (Phi) is 6.67. The Morgan fingerprint density at radius 2 is 2.06 bits per heavy atom. The van der Waals surface area contributed by atoms with Crippen LogP contribution in [0.1, 0.15) is 41.9 Å². The number of pyridine rings is 1. The van der Waals surface area contributed by atoms with Gasteiger partial charge in [-0.3, -0.25) is 9.79 Å². The fraction of sp³-hybridized carbons (Fsp3) is 0.250. The van der Waals surface area contributed by atoms with E-state index in [4.69, 9.17) is 21.3 Å². The van der Waals surface area contributed by atoms with Gasteiger partial charge in [-0.05, 0) is 48.6 Å². The van der Waals surface area contributed by atoms with Crippen LogP contribution in [0.25, 0.3) is 5.70 Å². The average Bonchev–Trinajstić information content (AvgIpc) is 3.29. The van der Waals surface area contributed by atoms with Crippen LogP contribution in [0.15, 0.2) is 58.5 Å². The number of thiazole rings is 1. The third-order valence-corrected chi connectivity index (χ3v) is 6.35. The molecule has 0 fully saturated rings. The molecule has 4 rings (SSSR count). The third kappa shape index (κ3) is 4.89. The van der Waals surface area contributed by atoms with Gasteiger partial charge >= 0.3 is 0 Å². The van der Waals surface area contributed by atoms with E-state index in [2.05, 4.69) is 35.2 Å². The molecule has 1 N–H and O–H groups in total. The molecule has 3 aromatic rings. The summed E-state index contributed by atoms with van der Waals surface area (Å²) < 4.78 is 5.56. The highest BCUT2D eigenvalue weighted by Crippen LogP contribution is 2.33. The number of nitrogens with one attached hydrogen (secondary N) is 1. The Labute approximate surface area is 196 Å². The Hall–Kier alpha value is -3.03. The molecular formula is C24H23ClN4O2S. The third-order valence-electron chi connectivity index (χ3n) is 5.53. The number of carbonyl (C=O) groups is 1. The molecule has 32 heavy (non-hydrogen) atoms. The number of hydrogen-bond donors (Lipinski definition) is 1. The van der Waals surface area contributed by atoms with Gasteiger partial charge in [0.1, 0.15) is 17.3 Å². The first-order chi connectivity index (χ1) is 15.4. The van der Waals surface area contributed by atoms with Crippen LogP contribution < -0.4 is 10.1 Å². The second-order valence-electron chi connectivity index (χ2n) is 7.76. The number of allylic oxidation sites excluding steroid dienone is 1. The summed E-state index contributed by atoms with van der Waals surface area (Å²) in [6.45, 7) is 4.40. The Balaban J connectivity index is 1.65. The van der Waals surface area contributed by atoms with E-state index in [1.807, 2.05) is 24.3 Å². The number of amides is 1. The normalized spacial score (nSPS) is 18.4. The summed E-state index contributed by atoms with van der Waals surface area (Å²) in [7, 11) is 1.65. The van der Waals surface area contributed by atoms with Crippen LogP contribution in [0.2, 0.25) is 5.02 Å². The van der Waals surface area contributed by atoms with Gasteiger partial charge in [0, 0.05) is 27.7 Å². The van der Waals surface area contributed by atoms with Crippen molar-refractivity contribution in [3.05, 3.63) is 75.3 Å². The van der Waals surface area contributed by atoms with Gasteiger partial charge in [0.2, 0.25) is 0 Å². The number of ether oxygens (including phenoxy) is 1. The van der Waals surface area contributed by atoms with Gasteiger partial charge in [0.25, 0.3) is 5.91 Å². The standard InChI is InChI=1S/C24H23ClN4O2S/c1-14-8-19(16-4-7-23(26-11-16)29-24(30)21-12-32-13-27-21)28-20(9-15(14)2)18-10-17(25)5-6-22(18)31-3/h4-8,10-15H,9H2,1-3H3,(H,26,29,30). The first-order valence-electron chi connectivity index (χ1n) is 10.2. The minimum atomic E-state index is -0.281. The zero-order valence-corrected chi connectivity index (χ0v) is 19.6. The smallest absolute Gasteiger partial charge is 0.276 e. The van der Waals surface area contributed by atoms with Crippen LogP contribution in [0, 0.1) is 11.8 Å². The van der Waals surface area contributed by atoms with Gasteiger partial charge in [-0.25, -0.2) is 9.97 Å². The lowest BCUT2D eigenvalue weighted by Gasteiger charge is -2.16. The van der Waals surface area contributed by atoms with Crippen molar-refractivity contribution >= 4 is 46.1 Å². The second kappa shape index (κ2) is 9.63. The molecule has 2 atom stereocenters. The molecule has 2 unspecified atom stereocenters. The van der Waals surface area contributed by atoms with Crippen molar-refractivity contribution in [3.63, 3.8) is 0 Å². The number of aromatic nitrogens is 2. The topological polar surface area (TPSA) is 76.5 Å². The number of carbonyl (C=O) groups excluding carboxylic acids is 1. The van der Waals surface area contributed by atoms with Crippen LogP contribution in [0.5, 0.6) is 5.75 Å². The molecule has 0 spiro atoms. The number of benzene rings is 1. The van der Waals surface area contributed by atoms with E-state index in [0.29, 0.717) is 28.4 Å². The quantitative estimate of drug-likeness (QED) is 0.503. The summed E-state index contributed by atoms with van der Waals surface area (Å²) in [6.07, 6.45) is 4.69. The van der Waals surface area contributed by atoms with Crippen LogP contribution >= 0.6 is 22.9 Å². The van der Waals surface area contributed by atoms with E-state index in [-0.39, 0.29) is 5.91 Å². The summed E-state index contributed by atoms with van der Waals surface area (Å²) in [6, 6.07) is 9.26. The van der Waals surface area contributed by atoms with Gasteiger partial charge in [0.15, 0.2) is 0 Å². The predicted octanol–water partition coefficient (Wildman–Crippen LogP) is 5.96.